The molecule has 0 atom stereocenters. The number of hydrogen-bond acceptors (Lipinski definition) is 1. The molecule has 0 bridgehead atoms. The van der Waals surface area contributed by atoms with Crippen molar-refractivity contribution >= 4 is 15.9 Å². The zero-order valence-electron chi connectivity index (χ0n) is 8.79. The fourth-order valence-corrected chi connectivity index (χ4v) is 1.72. The quantitative estimate of drug-likeness (QED) is 0.768. The molecule has 17 heavy (non-hydrogen) atoms. The van der Waals surface area contributed by atoms with Crippen LogP contribution in [0, 0.1) is 11.6 Å². The normalized spacial score (nSPS) is 10.3. The second kappa shape index (κ2) is 5.27. The lowest BCUT2D eigenvalue weighted by Crippen LogP contribution is -1.97. The summed E-state index contributed by atoms with van der Waals surface area (Å²) in [5.74, 6) is -1.17. The van der Waals surface area contributed by atoms with Gasteiger partial charge in [-0.25, -0.2) is 8.78 Å². The Balaban J connectivity index is 2.14. The van der Waals surface area contributed by atoms with Gasteiger partial charge in [0.05, 0.1) is 4.47 Å². The highest BCUT2D eigenvalue weighted by Gasteiger charge is 2.09. The first-order valence-electron chi connectivity index (χ1n) is 4.98. The lowest BCUT2D eigenvalue weighted by molar-refractivity contribution is 0.300. The van der Waals surface area contributed by atoms with Gasteiger partial charge in [0.15, 0.2) is 0 Å². The predicted octanol–water partition coefficient (Wildman–Crippen LogP) is 4.31. The second-order valence-electron chi connectivity index (χ2n) is 3.47. The topological polar surface area (TPSA) is 9.23 Å². The van der Waals surface area contributed by atoms with Crippen molar-refractivity contribution in [2.24, 2.45) is 0 Å². The van der Waals surface area contributed by atoms with E-state index in [-0.39, 0.29) is 16.8 Å². The maximum Gasteiger partial charge on any atom is 0.144 e. The van der Waals surface area contributed by atoms with Crippen molar-refractivity contribution in [3.63, 3.8) is 0 Å². The molecule has 2 aromatic carbocycles. The number of ether oxygens (including phenoxy) is 1. The molecule has 0 heterocycles. The van der Waals surface area contributed by atoms with Crippen molar-refractivity contribution in [2.75, 3.05) is 0 Å². The van der Waals surface area contributed by atoms with Gasteiger partial charge < -0.3 is 4.74 Å². The Labute approximate surface area is 106 Å². The fourth-order valence-electron chi connectivity index (χ4n) is 1.37. The van der Waals surface area contributed by atoms with Gasteiger partial charge in [0.25, 0.3) is 0 Å². The van der Waals surface area contributed by atoms with Crippen molar-refractivity contribution in [2.45, 2.75) is 6.61 Å². The predicted molar refractivity (Wildman–Crippen MR) is 64.8 cm³/mol. The fraction of sp³-hybridized carbons (Fsp3) is 0.0769. The summed E-state index contributed by atoms with van der Waals surface area (Å²) in [5.41, 5.74) is 0.934. The van der Waals surface area contributed by atoms with E-state index >= 15 is 0 Å². The molecule has 0 aliphatic rings. The van der Waals surface area contributed by atoms with Crippen LogP contribution in [0.1, 0.15) is 5.56 Å². The minimum absolute atomic E-state index is 0.134. The van der Waals surface area contributed by atoms with E-state index in [0.717, 1.165) is 17.7 Å². The molecule has 0 radical (unpaired) electrons. The Bertz CT molecular complexity index is 514. The minimum atomic E-state index is -0.673. The van der Waals surface area contributed by atoms with Crippen LogP contribution in [0.2, 0.25) is 0 Å². The number of benzene rings is 2. The molecule has 1 nitrogen and oxygen atoms in total. The Hall–Kier alpha value is -1.42. The van der Waals surface area contributed by atoms with Gasteiger partial charge in [0.2, 0.25) is 0 Å². The van der Waals surface area contributed by atoms with E-state index < -0.39 is 11.6 Å². The molecule has 0 aromatic heterocycles. The van der Waals surface area contributed by atoms with Crippen molar-refractivity contribution < 1.29 is 13.5 Å². The summed E-state index contributed by atoms with van der Waals surface area (Å²) < 4.78 is 31.7. The number of rotatable bonds is 3. The van der Waals surface area contributed by atoms with Crippen LogP contribution in [0.5, 0.6) is 5.75 Å². The Kier molecular flexibility index (Phi) is 3.74. The maximum absolute atomic E-state index is 13.2. The smallest absolute Gasteiger partial charge is 0.144 e. The Morgan fingerprint density at radius 3 is 2.47 bits per heavy atom. The molecule has 88 valence electrons. The van der Waals surface area contributed by atoms with E-state index in [2.05, 4.69) is 15.9 Å². The van der Waals surface area contributed by atoms with Crippen molar-refractivity contribution in [3.05, 3.63) is 64.1 Å². The number of halogens is 3. The summed E-state index contributed by atoms with van der Waals surface area (Å²) in [7, 11) is 0. The summed E-state index contributed by atoms with van der Waals surface area (Å²) in [6.07, 6.45) is 0. The largest absolute Gasteiger partial charge is 0.488 e. The van der Waals surface area contributed by atoms with Crippen molar-refractivity contribution in [3.8, 4) is 5.75 Å². The van der Waals surface area contributed by atoms with E-state index in [1.165, 1.54) is 0 Å². The SMILES string of the molecule is Fc1cc(F)c(Br)c(OCc2ccccc2)c1. The van der Waals surface area contributed by atoms with Crippen LogP contribution in [0.3, 0.4) is 0 Å². The lowest BCUT2D eigenvalue weighted by Gasteiger charge is -2.08. The third-order valence-corrected chi connectivity index (χ3v) is 2.97. The molecule has 0 spiro atoms. The molecule has 0 N–H and O–H groups in total. The average molecular weight is 299 g/mol. The molecule has 2 aromatic rings. The standard InChI is InChI=1S/C13H9BrF2O/c14-13-11(16)6-10(15)7-12(13)17-8-9-4-2-1-3-5-9/h1-7H,8H2. The highest BCUT2D eigenvalue weighted by atomic mass is 79.9. The summed E-state index contributed by atoms with van der Waals surface area (Å²) >= 11 is 3.02. The van der Waals surface area contributed by atoms with Gasteiger partial charge in [-0.05, 0) is 21.5 Å². The highest BCUT2D eigenvalue weighted by molar-refractivity contribution is 9.10. The second-order valence-corrected chi connectivity index (χ2v) is 4.27. The molecule has 0 fully saturated rings. The van der Waals surface area contributed by atoms with Crippen LogP contribution < -0.4 is 4.74 Å². The van der Waals surface area contributed by atoms with Gasteiger partial charge in [-0.3, -0.25) is 0 Å². The first-order valence-corrected chi connectivity index (χ1v) is 5.77. The van der Waals surface area contributed by atoms with Crippen LogP contribution in [-0.2, 0) is 6.61 Å². The zero-order valence-corrected chi connectivity index (χ0v) is 10.4. The van der Waals surface area contributed by atoms with E-state index in [1.807, 2.05) is 30.3 Å². The molecule has 4 heteroatoms. The van der Waals surface area contributed by atoms with E-state index in [9.17, 15) is 8.78 Å². The van der Waals surface area contributed by atoms with Crippen LogP contribution >= 0.6 is 15.9 Å². The van der Waals surface area contributed by atoms with Gasteiger partial charge in [-0.15, -0.1) is 0 Å². The molecular weight excluding hydrogens is 290 g/mol. The van der Waals surface area contributed by atoms with E-state index in [0.29, 0.717) is 0 Å². The number of hydrogen-bond donors (Lipinski definition) is 0. The van der Waals surface area contributed by atoms with Gasteiger partial charge in [-0.1, -0.05) is 30.3 Å². The lowest BCUT2D eigenvalue weighted by atomic mass is 10.2. The van der Waals surface area contributed by atoms with Gasteiger partial charge in [0.1, 0.15) is 24.0 Å². The van der Waals surface area contributed by atoms with Gasteiger partial charge >= 0.3 is 0 Å². The zero-order chi connectivity index (χ0) is 12.3. The first-order chi connectivity index (χ1) is 8.16. The molecule has 0 amide bonds. The Morgan fingerprint density at radius 1 is 1.06 bits per heavy atom. The molecule has 0 unspecified atom stereocenters. The molecule has 0 saturated heterocycles. The third-order valence-electron chi connectivity index (χ3n) is 2.20. The van der Waals surface area contributed by atoms with Crippen molar-refractivity contribution in [1.82, 2.24) is 0 Å². The maximum atomic E-state index is 13.2. The van der Waals surface area contributed by atoms with Gasteiger partial charge in [0, 0.05) is 12.1 Å². The van der Waals surface area contributed by atoms with Crippen LogP contribution in [0.4, 0.5) is 8.78 Å². The molecule has 0 saturated carbocycles. The Morgan fingerprint density at radius 2 is 1.76 bits per heavy atom. The summed E-state index contributed by atoms with van der Waals surface area (Å²) in [6.45, 7) is 0.266. The third kappa shape index (κ3) is 3.03. The monoisotopic (exact) mass is 298 g/mol. The summed E-state index contributed by atoms with van der Waals surface area (Å²) in [5, 5.41) is 0. The van der Waals surface area contributed by atoms with E-state index in [4.69, 9.17) is 4.74 Å². The van der Waals surface area contributed by atoms with Crippen LogP contribution in [0.15, 0.2) is 46.9 Å². The van der Waals surface area contributed by atoms with Crippen molar-refractivity contribution in [1.29, 1.82) is 0 Å². The molecule has 0 aliphatic heterocycles. The molecular formula is C13H9BrF2O. The first kappa shape index (κ1) is 12.0. The average Bonchev–Trinajstić information content (AvgIpc) is 2.33. The van der Waals surface area contributed by atoms with E-state index in [1.54, 1.807) is 0 Å². The highest BCUT2D eigenvalue weighted by Crippen LogP contribution is 2.29. The van der Waals surface area contributed by atoms with Crippen LogP contribution in [0.25, 0.3) is 0 Å². The summed E-state index contributed by atoms with van der Waals surface area (Å²) in [4.78, 5) is 0. The molecule has 2 rings (SSSR count). The summed E-state index contributed by atoms with van der Waals surface area (Å²) in [6, 6.07) is 11.4. The minimum Gasteiger partial charge on any atom is -0.488 e. The van der Waals surface area contributed by atoms with Crippen LogP contribution in [-0.4, -0.2) is 0 Å². The van der Waals surface area contributed by atoms with Gasteiger partial charge in [-0.2, -0.15) is 0 Å². The molecule has 0 aliphatic carbocycles.